The first-order chi connectivity index (χ1) is 10.6. The van der Waals surface area contributed by atoms with Gasteiger partial charge in [0.15, 0.2) is 0 Å². The highest BCUT2D eigenvalue weighted by molar-refractivity contribution is 5.85. The molecule has 0 spiro atoms. The van der Waals surface area contributed by atoms with Gasteiger partial charge in [-0.2, -0.15) is 0 Å². The minimum atomic E-state index is -0.642. The van der Waals surface area contributed by atoms with E-state index in [1.807, 2.05) is 31.2 Å². The summed E-state index contributed by atoms with van der Waals surface area (Å²) >= 11 is 0. The Kier molecular flexibility index (Phi) is 8.59. The smallest absolute Gasteiger partial charge is 0.220 e. The summed E-state index contributed by atoms with van der Waals surface area (Å²) in [4.78, 5) is 12.0. The highest BCUT2D eigenvalue weighted by atomic mass is 35.5. The van der Waals surface area contributed by atoms with Crippen LogP contribution in [-0.2, 0) is 4.79 Å². The van der Waals surface area contributed by atoms with Crippen LogP contribution in [0, 0.1) is 18.8 Å². The molecule has 2 rings (SSSR count). The van der Waals surface area contributed by atoms with Gasteiger partial charge < -0.3 is 15.7 Å². The highest BCUT2D eigenvalue weighted by Crippen LogP contribution is 2.22. The van der Waals surface area contributed by atoms with Crippen LogP contribution in [0.25, 0.3) is 0 Å². The molecule has 1 heterocycles. The fraction of sp³-hybridized carbons (Fsp3) is 0.611. The molecule has 0 aromatic heterocycles. The quantitative estimate of drug-likeness (QED) is 0.746. The van der Waals surface area contributed by atoms with Crippen LogP contribution in [0.4, 0.5) is 0 Å². The van der Waals surface area contributed by atoms with Gasteiger partial charge in [0.25, 0.3) is 0 Å². The van der Waals surface area contributed by atoms with Crippen molar-refractivity contribution in [3.05, 3.63) is 35.4 Å². The van der Waals surface area contributed by atoms with Crippen LogP contribution < -0.4 is 10.6 Å². The predicted molar refractivity (Wildman–Crippen MR) is 95.8 cm³/mol. The van der Waals surface area contributed by atoms with Crippen LogP contribution >= 0.6 is 12.4 Å². The van der Waals surface area contributed by atoms with Gasteiger partial charge in [-0.3, -0.25) is 4.79 Å². The number of hydrogen-bond acceptors (Lipinski definition) is 3. The second kappa shape index (κ2) is 9.91. The number of halogens is 1. The molecule has 130 valence electrons. The van der Waals surface area contributed by atoms with Gasteiger partial charge in [0.1, 0.15) is 0 Å². The molecule has 0 radical (unpaired) electrons. The van der Waals surface area contributed by atoms with Gasteiger partial charge in [0, 0.05) is 13.0 Å². The molecule has 5 heteroatoms. The van der Waals surface area contributed by atoms with Crippen molar-refractivity contribution in [1.82, 2.24) is 10.6 Å². The first-order valence-corrected chi connectivity index (χ1v) is 8.28. The summed E-state index contributed by atoms with van der Waals surface area (Å²) in [6.45, 7) is 6.54. The second-order valence-electron chi connectivity index (χ2n) is 6.52. The number of aryl methyl sites for hydroxylation is 1. The van der Waals surface area contributed by atoms with Gasteiger partial charge in [0.2, 0.25) is 5.91 Å². The van der Waals surface area contributed by atoms with E-state index in [2.05, 4.69) is 17.6 Å². The molecule has 0 bridgehead atoms. The SMILES string of the molecule is Cc1ccc(C(O)CNC(=O)CC(C)C2CCCNC2)cc1.Cl. The molecule has 1 saturated heterocycles. The van der Waals surface area contributed by atoms with E-state index in [9.17, 15) is 9.90 Å². The van der Waals surface area contributed by atoms with Crippen molar-refractivity contribution >= 4 is 18.3 Å². The zero-order valence-electron chi connectivity index (χ0n) is 14.0. The molecule has 0 aliphatic carbocycles. The van der Waals surface area contributed by atoms with Crippen LogP contribution in [0.3, 0.4) is 0 Å². The van der Waals surface area contributed by atoms with Crippen LogP contribution in [0.1, 0.15) is 43.4 Å². The van der Waals surface area contributed by atoms with Crippen LogP contribution in [0.5, 0.6) is 0 Å². The summed E-state index contributed by atoms with van der Waals surface area (Å²) in [5, 5.41) is 16.4. The minimum absolute atomic E-state index is 0. The Morgan fingerprint density at radius 1 is 1.39 bits per heavy atom. The van der Waals surface area contributed by atoms with Crippen LogP contribution in [-0.4, -0.2) is 30.6 Å². The summed E-state index contributed by atoms with van der Waals surface area (Å²) < 4.78 is 0. The minimum Gasteiger partial charge on any atom is -0.387 e. The van der Waals surface area contributed by atoms with E-state index in [1.165, 1.54) is 12.8 Å². The number of aliphatic hydroxyl groups excluding tert-OH is 1. The summed E-state index contributed by atoms with van der Waals surface area (Å²) in [5.74, 6) is 0.995. The maximum absolute atomic E-state index is 12.0. The van der Waals surface area contributed by atoms with Gasteiger partial charge >= 0.3 is 0 Å². The molecule has 3 N–H and O–H groups in total. The Bertz CT molecular complexity index is 472. The number of nitrogens with one attached hydrogen (secondary N) is 2. The molecule has 0 saturated carbocycles. The third kappa shape index (κ3) is 6.50. The fourth-order valence-corrected chi connectivity index (χ4v) is 3.01. The van der Waals surface area contributed by atoms with Crippen molar-refractivity contribution in [2.24, 2.45) is 11.8 Å². The van der Waals surface area contributed by atoms with Crippen molar-refractivity contribution < 1.29 is 9.90 Å². The summed E-state index contributed by atoms with van der Waals surface area (Å²) in [7, 11) is 0. The van der Waals surface area contributed by atoms with Crippen molar-refractivity contribution in [2.75, 3.05) is 19.6 Å². The lowest BCUT2D eigenvalue weighted by molar-refractivity contribution is -0.122. The van der Waals surface area contributed by atoms with Gasteiger partial charge in [0.05, 0.1) is 6.10 Å². The van der Waals surface area contributed by atoms with Crippen molar-refractivity contribution in [3.63, 3.8) is 0 Å². The van der Waals surface area contributed by atoms with E-state index in [0.717, 1.165) is 24.2 Å². The number of benzene rings is 1. The molecular weight excluding hydrogens is 312 g/mol. The lowest BCUT2D eigenvalue weighted by Gasteiger charge is -2.28. The van der Waals surface area contributed by atoms with Gasteiger partial charge in [-0.05, 0) is 50.3 Å². The summed E-state index contributed by atoms with van der Waals surface area (Å²) in [6, 6.07) is 7.75. The summed E-state index contributed by atoms with van der Waals surface area (Å²) in [5.41, 5.74) is 2.00. The molecule has 1 amide bonds. The monoisotopic (exact) mass is 340 g/mol. The van der Waals surface area contributed by atoms with E-state index < -0.39 is 6.10 Å². The lowest BCUT2D eigenvalue weighted by Crippen LogP contribution is -2.36. The lowest BCUT2D eigenvalue weighted by atomic mass is 9.85. The van der Waals surface area contributed by atoms with Gasteiger partial charge in [-0.1, -0.05) is 36.8 Å². The zero-order valence-corrected chi connectivity index (χ0v) is 14.9. The average Bonchev–Trinajstić information content (AvgIpc) is 2.54. The van der Waals surface area contributed by atoms with Crippen molar-refractivity contribution in [3.8, 4) is 0 Å². The molecule has 3 atom stereocenters. The Balaban J connectivity index is 0.00000264. The maximum Gasteiger partial charge on any atom is 0.220 e. The number of carbonyl (C=O) groups excluding carboxylic acids is 1. The highest BCUT2D eigenvalue weighted by Gasteiger charge is 2.22. The van der Waals surface area contributed by atoms with Crippen LogP contribution in [0.2, 0.25) is 0 Å². The maximum atomic E-state index is 12.0. The molecule has 1 aliphatic heterocycles. The standard InChI is InChI=1S/C18H28N2O2.ClH/c1-13-5-7-15(8-6-13)17(21)12-20-18(22)10-14(2)16-4-3-9-19-11-16;/h5-8,14,16-17,19,21H,3-4,9-12H2,1-2H3,(H,20,22);1H. The predicted octanol–water partition coefficient (Wildman–Crippen LogP) is 2.59. The number of carbonyl (C=O) groups is 1. The topological polar surface area (TPSA) is 61.4 Å². The Labute approximate surface area is 145 Å². The van der Waals surface area contributed by atoms with Crippen molar-refractivity contribution in [1.29, 1.82) is 0 Å². The Morgan fingerprint density at radius 3 is 2.70 bits per heavy atom. The fourth-order valence-electron chi connectivity index (χ4n) is 3.01. The number of piperidine rings is 1. The normalized spacial score (nSPS) is 20.2. The van der Waals surface area contributed by atoms with Crippen molar-refractivity contribution in [2.45, 2.75) is 39.2 Å². The molecule has 1 fully saturated rings. The molecule has 1 aromatic rings. The average molecular weight is 341 g/mol. The van der Waals surface area contributed by atoms with E-state index in [-0.39, 0.29) is 24.9 Å². The Hall–Kier alpha value is -1.10. The molecule has 3 unspecified atom stereocenters. The largest absolute Gasteiger partial charge is 0.387 e. The number of aliphatic hydroxyl groups is 1. The first kappa shape index (κ1) is 19.9. The Morgan fingerprint density at radius 2 is 2.09 bits per heavy atom. The third-order valence-electron chi connectivity index (χ3n) is 4.60. The molecule has 23 heavy (non-hydrogen) atoms. The third-order valence-corrected chi connectivity index (χ3v) is 4.60. The zero-order chi connectivity index (χ0) is 15.9. The summed E-state index contributed by atoms with van der Waals surface area (Å²) in [6.07, 6.45) is 2.29. The number of rotatable bonds is 6. The molecule has 1 aromatic carbocycles. The molecular formula is C18H29ClN2O2. The number of hydrogen-bond donors (Lipinski definition) is 3. The van der Waals surface area contributed by atoms with Gasteiger partial charge in [-0.25, -0.2) is 0 Å². The van der Waals surface area contributed by atoms with E-state index in [1.54, 1.807) is 0 Å². The van der Waals surface area contributed by atoms with Gasteiger partial charge in [-0.15, -0.1) is 12.4 Å². The first-order valence-electron chi connectivity index (χ1n) is 8.28. The molecule has 4 nitrogen and oxygen atoms in total. The second-order valence-corrected chi connectivity index (χ2v) is 6.52. The number of amides is 1. The van der Waals surface area contributed by atoms with Crippen LogP contribution in [0.15, 0.2) is 24.3 Å². The molecule has 1 aliphatic rings. The van der Waals surface area contributed by atoms with E-state index in [0.29, 0.717) is 18.3 Å². The van der Waals surface area contributed by atoms with E-state index >= 15 is 0 Å². The van der Waals surface area contributed by atoms with E-state index in [4.69, 9.17) is 0 Å².